The van der Waals surface area contributed by atoms with Gasteiger partial charge in [0.15, 0.2) is 6.61 Å². The molecule has 0 spiro atoms. The number of alkyl halides is 3. The lowest BCUT2D eigenvalue weighted by atomic mass is 9.99. The minimum atomic E-state index is -4.47. The topological polar surface area (TPSA) is 67.4 Å². The van der Waals surface area contributed by atoms with E-state index in [4.69, 9.17) is 4.74 Å². The van der Waals surface area contributed by atoms with Crippen molar-refractivity contribution >= 4 is 17.5 Å². The largest absolute Gasteiger partial charge is 0.484 e. The monoisotopic (exact) mass is 394 g/mol. The van der Waals surface area contributed by atoms with E-state index in [1.54, 1.807) is 6.07 Å². The van der Waals surface area contributed by atoms with Crippen molar-refractivity contribution in [3.63, 3.8) is 0 Å². The highest BCUT2D eigenvalue weighted by Crippen LogP contribution is 2.31. The highest BCUT2D eigenvalue weighted by molar-refractivity contribution is 5.91. The molecule has 28 heavy (non-hydrogen) atoms. The number of hydrogen-bond donors (Lipinski definition) is 1. The number of piperidine rings is 1. The van der Waals surface area contributed by atoms with Gasteiger partial charge < -0.3 is 15.0 Å². The first-order valence-electron chi connectivity index (χ1n) is 8.98. The first-order chi connectivity index (χ1) is 13.3. The molecule has 1 aliphatic rings. The van der Waals surface area contributed by atoms with Crippen LogP contribution in [0, 0.1) is 5.92 Å². The Hall–Kier alpha value is -2.84. The van der Waals surface area contributed by atoms with Crippen LogP contribution in [0.1, 0.15) is 25.3 Å². The second-order valence-electron chi connectivity index (χ2n) is 6.79. The number of aromatic nitrogens is 2. The summed E-state index contributed by atoms with van der Waals surface area (Å²) in [6.07, 6.45) is -0.936. The predicted octanol–water partition coefficient (Wildman–Crippen LogP) is 3.75. The number of hydrogen-bond acceptors (Lipinski definition) is 5. The van der Waals surface area contributed by atoms with Gasteiger partial charge in [-0.2, -0.15) is 13.2 Å². The van der Waals surface area contributed by atoms with E-state index >= 15 is 0 Å². The lowest BCUT2D eigenvalue weighted by molar-refractivity contribution is -0.137. The Kier molecular flexibility index (Phi) is 6.01. The van der Waals surface area contributed by atoms with Gasteiger partial charge in [-0.3, -0.25) is 4.79 Å². The van der Waals surface area contributed by atoms with Crippen LogP contribution in [0.5, 0.6) is 5.75 Å². The highest BCUT2D eigenvalue weighted by atomic mass is 19.4. The predicted molar refractivity (Wildman–Crippen MR) is 98.2 cm³/mol. The van der Waals surface area contributed by atoms with Crippen LogP contribution in [0.3, 0.4) is 0 Å². The van der Waals surface area contributed by atoms with Crippen LogP contribution in [0.15, 0.2) is 36.7 Å². The normalized spacial score (nSPS) is 15.4. The molecule has 1 aliphatic heterocycles. The van der Waals surface area contributed by atoms with Gasteiger partial charge in [-0.05, 0) is 37.0 Å². The van der Waals surface area contributed by atoms with Gasteiger partial charge in [0.05, 0.1) is 5.56 Å². The maximum atomic E-state index is 12.7. The second-order valence-corrected chi connectivity index (χ2v) is 6.79. The standard InChI is InChI=1S/C19H21F3N4O2/c1-13-5-7-26(8-6-13)17-10-16(23-12-24-17)25-18(27)11-28-15-4-2-3-14(9-15)19(20,21)22/h2-4,9-10,12-13H,5-8,11H2,1H3,(H,23,24,25,27). The van der Waals surface area contributed by atoms with E-state index in [0.717, 1.165) is 43.9 Å². The van der Waals surface area contributed by atoms with Gasteiger partial charge in [0.25, 0.3) is 5.91 Å². The van der Waals surface area contributed by atoms with Gasteiger partial charge in [0, 0.05) is 19.2 Å². The van der Waals surface area contributed by atoms with E-state index in [1.165, 1.54) is 18.5 Å². The molecule has 1 aromatic carbocycles. The molecule has 2 aromatic rings. The zero-order valence-electron chi connectivity index (χ0n) is 15.4. The van der Waals surface area contributed by atoms with E-state index in [9.17, 15) is 18.0 Å². The van der Waals surface area contributed by atoms with E-state index in [0.29, 0.717) is 11.7 Å². The summed E-state index contributed by atoms with van der Waals surface area (Å²) in [5, 5.41) is 2.58. The van der Waals surface area contributed by atoms with E-state index in [2.05, 4.69) is 27.1 Å². The summed E-state index contributed by atoms with van der Waals surface area (Å²) in [6, 6.07) is 6.07. The zero-order valence-corrected chi connectivity index (χ0v) is 15.4. The first kappa shape index (κ1) is 19.9. The third-order valence-corrected chi connectivity index (χ3v) is 4.56. The van der Waals surface area contributed by atoms with E-state index in [-0.39, 0.29) is 5.75 Å². The summed E-state index contributed by atoms with van der Waals surface area (Å²) in [5.74, 6) is 1.19. The number of rotatable bonds is 5. The number of anilines is 2. The van der Waals surface area contributed by atoms with Crippen LogP contribution in [0.25, 0.3) is 0 Å². The number of nitrogens with one attached hydrogen (secondary N) is 1. The molecular formula is C19H21F3N4O2. The van der Waals surface area contributed by atoms with Gasteiger partial charge in [-0.1, -0.05) is 13.0 Å². The third kappa shape index (κ3) is 5.34. The maximum Gasteiger partial charge on any atom is 0.416 e. The van der Waals surface area contributed by atoms with Crippen molar-refractivity contribution in [2.24, 2.45) is 5.92 Å². The summed E-state index contributed by atoms with van der Waals surface area (Å²) >= 11 is 0. The Morgan fingerprint density at radius 3 is 2.71 bits per heavy atom. The van der Waals surface area contributed by atoms with Gasteiger partial charge in [0.1, 0.15) is 23.7 Å². The Labute approximate surface area is 160 Å². The van der Waals surface area contributed by atoms with Gasteiger partial charge in [-0.25, -0.2) is 9.97 Å². The third-order valence-electron chi connectivity index (χ3n) is 4.56. The molecule has 0 saturated carbocycles. The molecule has 0 aliphatic carbocycles. The number of ether oxygens (including phenoxy) is 1. The number of nitrogens with zero attached hydrogens (tertiary/aromatic N) is 3. The maximum absolute atomic E-state index is 12.7. The Balaban J connectivity index is 1.56. The van der Waals surface area contributed by atoms with Crippen LogP contribution in [0.4, 0.5) is 24.8 Å². The molecule has 150 valence electrons. The van der Waals surface area contributed by atoms with Crippen LogP contribution in [-0.2, 0) is 11.0 Å². The lowest BCUT2D eigenvalue weighted by Crippen LogP contribution is -2.33. The summed E-state index contributed by atoms with van der Waals surface area (Å²) in [4.78, 5) is 22.5. The minimum absolute atomic E-state index is 0.0317. The first-order valence-corrected chi connectivity index (χ1v) is 8.98. The lowest BCUT2D eigenvalue weighted by Gasteiger charge is -2.31. The molecule has 3 rings (SSSR count). The van der Waals surface area contributed by atoms with Crippen molar-refractivity contribution in [3.8, 4) is 5.75 Å². The smallest absolute Gasteiger partial charge is 0.416 e. The van der Waals surface area contributed by atoms with Crippen molar-refractivity contribution in [2.45, 2.75) is 25.9 Å². The number of halogens is 3. The van der Waals surface area contributed by atoms with Crippen molar-refractivity contribution in [1.29, 1.82) is 0 Å². The second kappa shape index (κ2) is 8.45. The number of carbonyl (C=O) groups is 1. The van der Waals surface area contributed by atoms with Gasteiger partial charge in [-0.15, -0.1) is 0 Å². The van der Waals surface area contributed by atoms with Gasteiger partial charge in [0.2, 0.25) is 0 Å². The average Bonchev–Trinajstić information content (AvgIpc) is 2.67. The molecule has 0 radical (unpaired) electrons. The van der Waals surface area contributed by atoms with Crippen molar-refractivity contribution in [3.05, 3.63) is 42.2 Å². The van der Waals surface area contributed by atoms with Crippen molar-refractivity contribution in [1.82, 2.24) is 9.97 Å². The molecule has 0 unspecified atom stereocenters. The summed E-state index contributed by atoms with van der Waals surface area (Å²) in [7, 11) is 0. The van der Waals surface area contributed by atoms with Crippen LogP contribution in [0.2, 0.25) is 0 Å². The molecule has 1 aromatic heterocycles. The average molecular weight is 394 g/mol. The molecule has 1 N–H and O–H groups in total. The molecule has 1 saturated heterocycles. The van der Waals surface area contributed by atoms with Gasteiger partial charge >= 0.3 is 6.18 Å². The molecule has 9 heteroatoms. The SMILES string of the molecule is CC1CCN(c2cc(NC(=O)COc3cccc(C(F)(F)F)c3)ncn2)CC1. The number of carbonyl (C=O) groups excluding carboxylic acids is 1. The number of amides is 1. The Morgan fingerprint density at radius 2 is 2.00 bits per heavy atom. The Morgan fingerprint density at radius 1 is 1.25 bits per heavy atom. The van der Waals surface area contributed by atoms with Crippen molar-refractivity contribution in [2.75, 3.05) is 29.9 Å². The molecule has 6 nitrogen and oxygen atoms in total. The van der Waals surface area contributed by atoms with Crippen LogP contribution in [-0.4, -0.2) is 35.6 Å². The molecular weight excluding hydrogens is 373 g/mol. The summed E-state index contributed by atoms with van der Waals surface area (Å²) in [5.41, 5.74) is -0.832. The molecule has 1 amide bonds. The fourth-order valence-corrected chi connectivity index (χ4v) is 2.92. The fraction of sp³-hybridized carbons (Fsp3) is 0.421. The Bertz CT molecular complexity index is 821. The van der Waals surface area contributed by atoms with Crippen LogP contribution < -0.4 is 15.0 Å². The molecule has 1 fully saturated rings. The molecule has 2 heterocycles. The molecule has 0 atom stereocenters. The quantitative estimate of drug-likeness (QED) is 0.837. The zero-order chi connectivity index (χ0) is 20.1. The molecule has 0 bridgehead atoms. The number of benzene rings is 1. The van der Waals surface area contributed by atoms with Crippen molar-refractivity contribution < 1.29 is 22.7 Å². The summed E-state index contributed by atoms with van der Waals surface area (Å²) in [6.45, 7) is 3.57. The highest BCUT2D eigenvalue weighted by Gasteiger charge is 2.30. The van der Waals surface area contributed by atoms with Crippen LogP contribution >= 0.6 is 0 Å². The fourth-order valence-electron chi connectivity index (χ4n) is 2.92. The van der Waals surface area contributed by atoms with E-state index < -0.39 is 24.3 Å². The minimum Gasteiger partial charge on any atom is -0.484 e. The van der Waals surface area contributed by atoms with E-state index in [1.807, 2.05) is 0 Å². The summed E-state index contributed by atoms with van der Waals surface area (Å²) < 4.78 is 43.3.